The van der Waals surface area contributed by atoms with Crippen LogP contribution in [0.4, 0.5) is 11.4 Å². The number of amides is 1. The maximum atomic E-state index is 12.1. The molecule has 0 spiro atoms. The van der Waals surface area contributed by atoms with E-state index in [1.165, 1.54) is 30.5 Å². The summed E-state index contributed by atoms with van der Waals surface area (Å²) >= 11 is 0. The van der Waals surface area contributed by atoms with Gasteiger partial charge in [-0.2, -0.15) is 5.10 Å². The van der Waals surface area contributed by atoms with E-state index in [1.54, 1.807) is 12.1 Å². The first-order chi connectivity index (χ1) is 14.8. The zero-order valence-corrected chi connectivity index (χ0v) is 15.6. The lowest BCUT2D eigenvalue weighted by atomic mass is 10.1. The standard InChI is InChI=1S/C19H14N4O8/c24-17-8-5-12(22(26)27)9-15(17)19(25)21-20-10-13-6-7-14(31-13)11-30-18-4-2-1-3-16(18)23(28)29/h1-10,24H,11H2,(H,21,25)/b20-10-. The molecule has 12 nitrogen and oxygen atoms in total. The van der Waals surface area contributed by atoms with Crippen molar-refractivity contribution in [2.24, 2.45) is 5.10 Å². The Bertz CT molecular complexity index is 1170. The quantitative estimate of drug-likeness (QED) is 0.314. The third-order valence-electron chi connectivity index (χ3n) is 3.91. The number of nitro benzene ring substituents is 2. The normalized spacial score (nSPS) is 10.7. The van der Waals surface area contributed by atoms with Gasteiger partial charge in [0.1, 0.15) is 23.9 Å². The highest BCUT2D eigenvalue weighted by Crippen LogP contribution is 2.27. The summed E-state index contributed by atoms with van der Waals surface area (Å²) in [6, 6.07) is 12.0. The van der Waals surface area contributed by atoms with Gasteiger partial charge in [-0.05, 0) is 24.3 Å². The minimum absolute atomic E-state index is 0.0768. The highest BCUT2D eigenvalue weighted by Gasteiger charge is 2.16. The van der Waals surface area contributed by atoms with Gasteiger partial charge < -0.3 is 14.3 Å². The van der Waals surface area contributed by atoms with Crippen LogP contribution in [0.2, 0.25) is 0 Å². The molecule has 3 rings (SSSR count). The SMILES string of the molecule is O=C(N/N=C\c1ccc(COc2ccccc2[N+](=O)[O-])o1)c1cc([N+](=O)[O-])ccc1O. The average Bonchev–Trinajstić information content (AvgIpc) is 3.20. The molecule has 1 aromatic heterocycles. The number of hydrazone groups is 1. The molecule has 1 amide bonds. The van der Waals surface area contributed by atoms with E-state index in [0.29, 0.717) is 5.76 Å². The number of carbonyl (C=O) groups excluding carboxylic acids is 1. The number of aromatic hydroxyl groups is 1. The predicted molar refractivity (Wildman–Crippen MR) is 106 cm³/mol. The number of benzene rings is 2. The molecule has 0 radical (unpaired) electrons. The van der Waals surface area contributed by atoms with Crippen LogP contribution in [0.25, 0.3) is 0 Å². The fourth-order valence-corrected chi connectivity index (χ4v) is 2.45. The molecule has 2 aromatic carbocycles. The van der Waals surface area contributed by atoms with Crippen LogP contribution in [0.5, 0.6) is 11.5 Å². The van der Waals surface area contributed by atoms with Crippen molar-refractivity contribution in [3.8, 4) is 11.5 Å². The van der Waals surface area contributed by atoms with E-state index in [2.05, 4.69) is 10.5 Å². The molecule has 12 heteroatoms. The van der Waals surface area contributed by atoms with Crippen LogP contribution in [0.1, 0.15) is 21.9 Å². The van der Waals surface area contributed by atoms with Gasteiger partial charge in [-0.3, -0.25) is 25.0 Å². The smallest absolute Gasteiger partial charge is 0.310 e. The fourth-order valence-electron chi connectivity index (χ4n) is 2.45. The molecular formula is C19H14N4O8. The third-order valence-corrected chi connectivity index (χ3v) is 3.91. The summed E-state index contributed by atoms with van der Waals surface area (Å²) in [4.78, 5) is 32.6. The predicted octanol–water partition coefficient (Wildman–Crippen LogP) is 3.14. The molecular weight excluding hydrogens is 412 g/mol. The second-order valence-corrected chi connectivity index (χ2v) is 5.98. The van der Waals surface area contributed by atoms with Crippen molar-refractivity contribution in [2.75, 3.05) is 0 Å². The number of hydrogen-bond donors (Lipinski definition) is 2. The molecule has 0 aliphatic rings. The number of hydrogen-bond acceptors (Lipinski definition) is 9. The molecule has 2 N–H and O–H groups in total. The van der Waals surface area contributed by atoms with Gasteiger partial charge in [0, 0.05) is 18.2 Å². The van der Waals surface area contributed by atoms with E-state index in [4.69, 9.17) is 9.15 Å². The Morgan fingerprint density at radius 2 is 1.90 bits per heavy atom. The monoisotopic (exact) mass is 426 g/mol. The largest absolute Gasteiger partial charge is 0.507 e. The number of nitrogens with one attached hydrogen (secondary N) is 1. The molecule has 0 aliphatic carbocycles. The lowest BCUT2D eigenvalue weighted by Gasteiger charge is -2.04. The molecule has 31 heavy (non-hydrogen) atoms. The van der Waals surface area contributed by atoms with E-state index < -0.39 is 21.5 Å². The van der Waals surface area contributed by atoms with E-state index >= 15 is 0 Å². The summed E-state index contributed by atoms with van der Waals surface area (Å²) in [7, 11) is 0. The van der Waals surface area contributed by atoms with E-state index in [1.807, 2.05) is 0 Å². The molecule has 158 valence electrons. The highest BCUT2D eigenvalue weighted by atomic mass is 16.6. The summed E-state index contributed by atoms with van der Waals surface area (Å²) in [5.74, 6) is -0.621. The Morgan fingerprint density at radius 1 is 1.13 bits per heavy atom. The summed E-state index contributed by atoms with van der Waals surface area (Å²) in [6.07, 6.45) is 1.17. The number of phenols is 1. The number of phenolic OH excluding ortho intramolecular Hbond substituents is 1. The minimum atomic E-state index is -0.857. The maximum Gasteiger partial charge on any atom is 0.310 e. The molecule has 0 fully saturated rings. The second-order valence-electron chi connectivity index (χ2n) is 5.98. The lowest BCUT2D eigenvalue weighted by molar-refractivity contribution is -0.386. The number of nitro groups is 2. The fraction of sp³-hybridized carbons (Fsp3) is 0.0526. The van der Waals surface area contributed by atoms with Gasteiger partial charge in [-0.15, -0.1) is 0 Å². The first kappa shape index (κ1) is 21.0. The van der Waals surface area contributed by atoms with Gasteiger partial charge in [0.2, 0.25) is 0 Å². The number of nitrogens with zero attached hydrogens (tertiary/aromatic N) is 3. The third kappa shape index (κ3) is 5.20. The summed E-state index contributed by atoms with van der Waals surface area (Å²) in [5.41, 5.74) is 1.27. The second kappa shape index (κ2) is 9.17. The van der Waals surface area contributed by atoms with Crippen molar-refractivity contribution < 1.29 is 28.9 Å². The van der Waals surface area contributed by atoms with Gasteiger partial charge in [-0.25, -0.2) is 5.43 Å². The highest BCUT2D eigenvalue weighted by molar-refractivity contribution is 5.97. The summed E-state index contributed by atoms with van der Waals surface area (Å²) < 4.78 is 10.8. The van der Waals surface area contributed by atoms with Crippen LogP contribution < -0.4 is 10.2 Å². The number of carbonyl (C=O) groups is 1. The topological polar surface area (TPSA) is 170 Å². The van der Waals surface area contributed by atoms with Gasteiger partial charge in [-0.1, -0.05) is 12.1 Å². The molecule has 0 aliphatic heterocycles. The summed E-state index contributed by atoms with van der Waals surface area (Å²) in [6.45, 7) is -0.0768. The molecule has 0 atom stereocenters. The van der Waals surface area contributed by atoms with Crippen LogP contribution >= 0.6 is 0 Å². The molecule has 0 bridgehead atoms. The maximum absolute atomic E-state index is 12.1. The zero-order chi connectivity index (χ0) is 22.4. The van der Waals surface area contributed by atoms with Gasteiger partial charge >= 0.3 is 5.69 Å². The number of furan rings is 1. The Hall–Kier alpha value is -4.74. The Labute approximate surface area is 173 Å². The Kier molecular flexibility index (Phi) is 6.21. The lowest BCUT2D eigenvalue weighted by Crippen LogP contribution is -2.17. The number of ether oxygens (including phenoxy) is 1. The first-order valence-corrected chi connectivity index (χ1v) is 8.61. The molecule has 3 aromatic rings. The van der Waals surface area contributed by atoms with Crippen molar-refractivity contribution in [1.29, 1.82) is 0 Å². The molecule has 0 saturated heterocycles. The van der Waals surface area contributed by atoms with E-state index in [0.717, 1.165) is 18.2 Å². The van der Waals surface area contributed by atoms with Crippen molar-refractivity contribution in [1.82, 2.24) is 5.43 Å². The molecule has 0 saturated carbocycles. The Morgan fingerprint density at radius 3 is 2.65 bits per heavy atom. The molecule has 0 unspecified atom stereocenters. The van der Waals surface area contributed by atoms with Gasteiger partial charge in [0.15, 0.2) is 5.75 Å². The van der Waals surface area contributed by atoms with Crippen LogP contribution in [-0.2, 0) is 6.61 Å². The van der Waals surface area contributed by atoms with Crippen molar-refractivity contribution in [2.45, 2.75) is 6.61 Å². The van der Waals surface area contributed by atoms with Crippen LogP contribution in [0.15, 0.2) is 64.1 Å². The Balaban J connectivity index is 1.60. The van der Waals surface area contributed by atoms with Crippen molar-refractivity contribution in [3.05, 3.63) is 91.9 Å². The first-order valence-electron chi connectivity index (χ1n) is 8.61. The van der Waals surface area contributed by atoms with Crippen LogP contribution in [-0.4, -0.2) is 27.1 Å². The van der Waals surface area contributed by atoms with Gasteiger partial charge in [0.25, 0.3) is 11.6 Å². The van der Waals surface area contributed by atoms with Crippen LogP contribution in [0, 0.1) is 20.2 Å². The van der Waals surface area contributed by atoms with Crippen molar-refractivity contribution >= 4 is 23.5 Å². The summed E-state index contributed by atoms with van der Waals surface area (Å²) in [5, 5.41) is 35.2. The number of non-ortho nitro benzene ring substituents is 1. The zero-order valence-electron chi connectivity index (χ0n) is 15.6. The van der Waals surface area contributed by atoms with Crippen LogP contribution in [0.3, 0.4) is 0 Å². The number of rotatable bonds is 8. The van der Waals surface area contributed by atoms with E-state index in [9.17, 15) is 30.1 Å². The number of para-hydroxylation sites is 2. The van der Waals surface area contributed by atoms with Crippen molar-refractivity contribution in [3.63, 3.8) is 0 Å². The van der Waals surface area contributed by atoms with Gasteiger partial charge in [0.05, 0.1) is 21.6 Å². The minimum Gasteiger partial charge on any atom is -0.507 e. The van der Waals surface area contributed by atoms with E-state index in [-0.39, 0.29) is 35.1 Å². The molecule has 1 heterocycles. The average molecular weight is 426 g/mol.